The minimum Gasteiger partial charge on any atom is -0.486 e. The first kappa shape index (κ1) is 16.8. The molecule has 2 N–H and O–H groups in total. The van der Waals surface area contributed by atoms with Gasteiger partial charge in [-0.2, -0.15) is 0 Å². The van der Waals surface area contributed by atoms with Crippen molar-refractivity contribution in [3.63, 3.8) is 0 Å². The number of H-pyrrole nitrogens is 1. The number of halogens is 1. The van der Waals surface area contributed by atoms with Crippen LogP contribution in [0.15, 0.2) is 42.6 Å². The van der Waals surface area contributed by atoms with Crippen LogP contribution in [0.4, 0.5) is 0 Å². The Labute approximate surface area is 156 Å². The van der Waals surface area contributed by atoms with E-state index < -0.39 is 0 Å². The smallest absolute Gasteiger partial charge is 0.224 e. The zero-order chi connectivity index (χ0) is 17.9. The third-order valence-corrected chi connectivity index (χ3v) is 4.70. The van der Waals surface area contributed by atoms with E-state index in [0.29, 0.717) is 49.1 Å². The molecule has 2 heterocycles. The Kier molecular flexibility index (Phi) is 4.71. The zero-order valence-corrected chi connectivity index (χ0v) is 14.9. The van der Waals surface area contributed by atoms with Crippen molar-refractivity contribution in [1.29, 1.82) is 0 Å². The average molecular weight is 371 g/mol. The molecule has 26 heavy (non-hydrogen) atoms. The van der Waals surface area contributed by atoms with Crippen molar-refractivity contribution < 1.29 is 14.3 Å². The van der Waals surface area contributed by atoms with Crippen LogP contribution >= 0.6 is 11.6 Å². The van der Waals surface area contributed by atoms with Crippen LogP contribution in [-0.2, 0) is 17.6 Å². The van der Waals surface area contributed by atoms with Crippen molar-refractivity contribution in [3.8, 4) is 11.5 Å². The van der Waals surface area contributed by atoms with Crippen LogP contribution in [0, 0.1) is 0 Å². The highest BCUT2D eigenvalue weighted by Crippen LogP contribution is 2.38. The molecule has 3 aromatic rings. The zero-order valence-electron chi connectivity index (χ0n) is 14.2. The van der Waals surface area contributed by atoms with Gasteiger partial charge in [-0.3, -0.25) is 4.79 Å². The van der Waals surface area contributed by atoms with E-state index >= 15 is 0 Å². The highest BCUT2D eigenvalue weighted by molar-refractivity contribution is 6.32. The van der Waals surface area contributed by atoms with E-state index in [9.17, 15) is 4.79 Å². The molecule has 1 aromatic heterocycles. The lowest BCUT2D eigenvalue weighted by Crippen LogP contribution is -2.27. The van der Waals surface area contributed by atoms with E-state index in [1.807, 2.05) is 42.6 Å². The van der Waals surface area contributed by atoms with Gasteiger partial charge in [0.1, 0.15) is 13.2 Å². The molecule has 0 aliphatic carbocycles. The van der Waals surface area contributed by atoms with E-state index in [2.05, 4.69) is 10.3 Å². The Hall–Kier alpha value is -2.66. The van der Waals surface area contributed by atoms with Crippen LogP contribution < -0.4 is 14.8 Å². The number of aromatic amines is 1. The van der Waals surface area contributed by atoms with Gasteiger partial charge >= 0.3 is 0 Å². The van der Waals surface area contributed by atoms with Gasteiger partial charge in [-0.1, -0.05) is 29.8 Å². The van der Waals surface area contributed by atoms with Crippen LogP contribution in [0.5, 0.6) is 11.5 Å². The third-order valence-electron chi connectivity index (χ3n) is 4.42. The maximum atomic E-state index is 12.2. The lowest BCUT2D eigenvalue weighted by atomic mass is 10.1. The molecule has 1 aliphatic rings. The summed E-state index contributed by atoms with van der Waals surface area (Å²) in [6.07, 6.45) is 2.92. The molecule has 0 unspecified atom stereocenters. The summed E-state index contributed by atoms with van der Waals surface area (Å²) in [7, 11) is 0. The number of nitrogens with one attached hydrogen (secondary N) is 2. The van der Waals surface area contributed by atoms with Gasteiger partial charge in [-0.25, -0.2) is 0 Å². The van der Waals surface area contributed by atoms with E-state index in [-0.39, 0.29) is 5.91 Å². The molecule has 4 rings (SSSR count). The van der Waals surface area contributed by atoms with Crippen molar-refractivity contribution in [2.24, 2.45) is 0 Å². The van der Waals surface area contributed by atoms with E-state index in [1.165, 1.54) is 0 Å². The van der Waals surface area contributed by atoms with Crippen LogP contribution in [-0.4, -0.2) is 30.6 Å². The molecule has 0 saturated carbocycles. The van der Waals surface area contributed by atoms with E-state index in [1.54, 1.807) is 0 Å². The first-order valence-corrected chi connectivity index (χ1v) is 8.98. The number of carbonyl (C=O) groups excluding carboxylic acids is 1. The maximum absolute atomic E-state index is 12.2. The van der Waals surface area contributed by atoms with Crippen molar-refractivity contribution in [2.75, 3.05) is 19.8 Å². The predicted molar refractivity (Wildman–Crippen MR) is 101 cm³/mol. The van der Waals surface area contributed by atoms with Crippen molar-refractivity contribution in [2.45, 2.75) is 12.8 Å². The van der Waals surface area contributed by atoms with Gasteiger partial charge in [0, 0.05) is 23.6 Å². The number of para-hydroxylation sites is 1. The van der Waals surface area contributed by atoms with Gasteiger partial charge in [0.2, 0.25) is 5.91 Å². The molecule has 0 atom stereocenters. The van der Waals surface area contributed by atoms with Gasteiger partial charge < -0.3 is 19.8 Å². The molecule has 0 bridgehead atoms. The fourth-order valence-corrected chi connectivity index (χ4v) is 3.46. The predicted octanol–water partition coefficient (Wildman–Crippen LogP) is 3.49. The maximum Gasteiger partial charge on any atom is 0.224 e. The molecule has 6 heteroatoms. The fraction of sp³-hybridized carbons (Fsp3) is 0.250. The molecule has 0 saturated heterocycles. The number of benzene rings is 2. The number of amides is 1. The summed E-state index contributed by atoms with van der Waals surface area (Å²) in [6.45, 7) is 1.57. The molecule has 134 valence electrons. The van der Waals surface area contributed by atoms with Crippen molar-refractivity contribution in [3.05, 3.63) is 58.7 Å². The average Bonchev–Trinajstić information content (AvgIpc) is 3.05. The van der Waals surface area contributed by atoms with Crippen LogP contribution in [0.3, 0.4) is 0 Å². The number of ether oxygens (including phenoxy) is 2. The molecule has 0 radical (unpaired) electrons. The van der Waals surface area contributed by atoms with Crippen LogP contribution in [0.2, 0.25) is 5.02 Å². The third kappa shape index (κ3) is 3.48. The summed E-state index contributed by atoms with van der Waals surface area (Å²) in [6, 6.07) is 11.8. The van der Waals surface area contributed by atoms with Crippen LogP contribution in [0.1, 0.15) is 11.1 Å². The number of carbonyl (C=O) groups is 1. The van der Waals surface area contributed by atoms with Crippen LogP contribution in [0.25, 0.3) is 10.9 Å². The molecule has 2 aromatic carbocycles. The minimum atomic E-state index is -0.00149. The Balaban J connectivity index is 1.34. The lowest BCUT2D eigenvalue weighted by molar-refractivity contribution is -0.120. The van der Waals surface area contributed by atoms with Gasteiger partial charge in [-0.15, -0.1) is 0 Å². The molecule has 1 aliphatic heterocycles. The summed E-state index contributed by atoms with van der Waals surface area (Å²) in [4.78, 5) is 15.4. The summed E-state index contributed by atoms with van der Waals surface area (Å²) in [5.74, 6) is 1.27. The number of rotatable bonds is 5. The Morgan fingerprint density at radius 2 is 2.04 bits per heavy atom. The Bertz CT molecular complexity index is 951. The molecule has 5 nitrogen and oxygen atoms in total. The Morgan fingerprint density at radius 3 is 2.96 bits per heavy atom. The normalized spacial score (nSPS) is 13.0. The summed E-state index contributed by atoms with van der Waals surface area (Å²) >= 11 is 6.24. The molecular weight excluding hydrogens is 352 g/mol. The first-order valence-electron chi connectivity index (χ1n) is 8.60. The summed E-state index contributed by atoms with van der Waals surface area (Å²) < 4.78 is 11.1. The number of hydrogen-bond donors (Lipinski definition) is 2. The second-order valence-corrected chi connectivity index (χ2v) is 6.65. The van der Waals surface area contributed by atoms with Gasteiger partial charge in [-0.05, 0) is 35.7 Å². The van der Waals surface area contributed by atoms with E-state index in [0.717, 1.165) is 22.0 Å². The highest BCUT2D eigenvalue weighted by atomic mass is 35.5. The van der Waals surface area contributed by atoms with Gasteiger partial charge in [0.25, 0.3) is 0 Å². The van der Waals surface area contributed by atoms with Gasteiger partial charge in [0.15, 0.2) is 11.5 Å². The molecule has 1 amide bonds. The number of fused-ring (bicyclic) bond motifs is 2. The molecule has 0 spiro atoms. The Morgan fingerprint density at radius 1 is 1.19 bits per heavy atom. The second-order valence-electron chi connectivity index (χ2n) is 6.24. The molecule has 0 fully saturated rings. The first-order chi connectivity index (χ1) is 12.7. The molecular formula is C20H19ClN2O3. The lowest BCUT2D eigenvalue weighted by Gasteiger charge is -2.20. The highest BCUT2D eigenvalue weighted by Gasteiger charge is 2.16. The van der Waals surface area contributed by atoms with Crippen molar-refractivity contribution in [1.82, 2.24) is 10.3 Å². The van der Waals surface area contributed by atoms with E-state index in [4.69, 9.17) is 21.1 Å². The SMILES string of the molecule is O=C(Cc1c[nH]c2ccccc12)NCCc1cc(Cl)c2c(c1)OCCO2. The number of hydrogen-bond acceptors (Lipinski definition) is 3. The summed E-state index contributed by atoms with van der Waals surface area (Å²) in [5.41, 5.74) is 3.05. The topological polar surface area (TPSA) is 63.4 Å². The van der Waals surface area contributed by atoms with Crippen molar-refractivity contribution >= 4 is 28.4 Å². The largest absolute Gasteiger partial charge is 0.486 e. The van der Waals surface area contributed by atoms with Gasteiger partial charge in [0.05, 0.1) is 11.4 Å². The minimum absolute atomic E-state index is 0.00149. The standard InChI is InChI=1S/C20H19ClN2O3/c21-16-9-13(10-18-20(16)26-8-7-25-18)5-6-22-19(24)11-14-12-23-17-4-2-1-3-15(14)17/h1-4,9-10,12,23H,5-8,11H2,(H,22,24). The summed E-state index contributed by atoms with van der Waals surface area (Å²) in [5, 5.41) is 4.59. The monoisotopic (exact) mass is 370 g/mol. The fourth-order valence-electron chi connectivity index (χ4n) is 3.17. The quantitative estimate of drug-likeness (QED) is 0.722. The number of aromatic nitrogens is 1. The second kappa shape index (κ2) is 7.30.